The van der Waals surface area contributed by atoms with E-state index in [1.807, 2.05) is 0 Å². The summed E-state index contributed by atoms with van der Waals surface area (Å²) < 4.78 is 42.0. The Morgan fingerprint density at radius 1 is 0.957 bits per heavy atom. The number of hydrogen-bond donors (Lipinski definition) is 0. The molecule has 116 valence electrons. The molecule has 0 saturated heterocycles. The summed E-state index contributed by atoms with van der Waals surface area (Å²) in [6.07, 6.45) is 4.12. The molecule has 2 aromatic carbocycles. The predicted octanol–water partition coefficient (Wildman–Crippen LogP) is 5.86. The minimum atomic E-state index is -0.626. The molecular weight excluding hydrogens is 374 g/mol. The molecule has 3 rings (SSSR count). The van der Waals surface area contributed by atoms with Gasteiger partial charge in [-0.2, -0.15) is 12.1 Å². The van der Waals surface area contributed by atoms with Crippen LogP contribution in [0.25, 0.3) is 11.1 Å². The maximum absolute atomic E-state index is 14.4. The smallest absolute Gasteiger partial charge is 0.236 e. The number of halogens is 3. The van der Waals surface area contributed by atoms with Crippen molar-refractivity contribution in [3.63, 3.8) is 0 Å². The molecule has 2 aromatic rings. The first-order valence-corrected chi connectivity index (χ1v) is 7.71. The summed E-state index contributed by atoms with van der Waals surface area (Å²) in [7, 11) is 0. The molecule has 0 N–H and O–H groups in total. The number of benzene rings is 2. The molecule has 4 heteroatoms. The van der Waals surface area contributed by atoms with E-state index in [1.165, 1.54) is 24.3 Å². The van der Waals surface area contributed by atoms with Crippen molar-refractivity contribution in [3.8, 4) is 11.1 Å². The molecule has 23 heavy (non-hydrogen) atoms. The maximum atomic E-state index is 14.4. The molecule has 0 atom stereocenters. The second-order valence-corrected chi connectivity index (χ2v) is 6.24. The Kier molecular flexibility index (Phi) is 6.44. The van der Waals surface area contributed by atoms with Crippen LogP contribution >= 0.6 is 0 Å². The predicted molar refractivity (Wildman–Crippen MR) is 81.0 cm³/mol. The molecule has 0 spiro atoms. The van der Waals surface area contributed by atoms with Gasteiger partial charge in [0.25, 0.3) is 0 Å². The van der Waals surface area contributed by atoms with Crippen LogP contribution in [0.3, 0.4) is 0 Å². The summed E-state index contributed by atoms with van der Waals surface area (Å²) >= 11 is 0. The molecule has 0 aliphatic heterocycles. The van der Waals surface area contributed by atoms with Crippen LogP contribution in [-0.4, -0.2) is 0 Å². The molecule has 0 amide bonds. The summed E-state index contributed by atoms with van der Waals surface area (Å²) in [5.74, 6) is -0.969. The van der Waals surface area contributed by atoms with Gasteiger partial charge in [-0.25, -0.2) is 13.2 Å². The maximum Gasteiger partial charge on any atom is 3.00 e. The third-order valence-corrected chi connectivity index (χ3v) is 4.61. The average molecular weight is 392 g/mol. The Morgan fingerprint density at radius 3 is 2.13 bits per heavy atom. The Labute approximate surface area is 160 Å². The standard InChI is InChI=1S/C19H18F3.Y/c1-12-5-7-13(8-6-12)15-10-17(21)19(18(22)11-15)14-3-2-4-16(20)9-14;/h2-3,9-13H,5-8H2,1H3;/q-1;+3. The van der Waals surface area contributed by atoms with Crippen LogP contribution in [-0.2, 0) is 32.7 Å². The first kappa shape index (κ1) is 18.7. The zero-order valence-electron chi connectivity index (χ0n) is 13.1. The van der Waals surface area contributed by atoms with E-state index >= 15 is 0 Å². The second-order valence-electron chi connectivity index (χ2n) is 6.24. The Morgan fingerprint density at radius 2 is 1.57 bits per heavy atom. The van der Waals surface area contributed by atoms with E-state index in [1.54, 1.807) is 0 Å². The summed E-state index contributed by atoms with van der Waals surface area (Å²) in [6.45, 7) is 2.21. The Bertz CT molecular complexity index is 653. The molecule has 1 aliphatic rings. The molecule has 0 aromatic heterocycles. The van der Waals surface area contributed by atoms with Gasteiger partial charge < -0.3 is 0 Å². The fraction of sp³-hybridized carbons (Fsp3) is 0.368. The van der Waals surface area contributed by atoms with Gasteiger partial charge in [0.2, 0.25) is 0 Å². The van der Waals surface area contributed by atoms with Gasteiger partial charge in [-0.1, -0.05) is 19.8 Å². The first-order valence-electron chi connectivity index (χ1n) is 7.71. The Hall–Kier alpha value is -0.666. The topological polar surface area (TPSA) is 0 Å². The second kappa shape index (κ2) is 7.94. The summed E-state index contributed by atoms with van der Waals surface area (Å²) in [5, 5.41) is 0. The van der Waals surface area contributed by atoms with Crippen LogP contribution in [0.15, 0.2) is 30.3 Å². The number of hydrogen-bond acceptors (Lipinski definition) is 0. The molecule has 1 saturated carbocycles. The van der Waals surface area contributed by atoms with Crippen LogP contribution in [0.5, 0.6) is 0 Å². The van der Waals surface area contributed by atoms with Crippen molar-refractivity contribution in [3.05, 3.63) is 59.4 Å². The van der Waals surface area contributed by atoms with Gasteiger partial charge in [-0.05, 0) is 42.4 Å². The van der Waals surface area contributed by atoms with Gasteiger partial charge in [0.05, 0.1) is 0 Å². The minimum absolute atomic E-state index is 0. The number of rotatable bonds is 2. The van der Waals surface area contributed by atoms with Crippen molar-refractivity contribution < 1.29 is 45.9 Å². The fourth-order valence-corrected chi connectivity index (χ4v) is 3.29. The van der Waals surface area contributed by atoms with Gasteiger partial charge in [0.1, 0.15) is 11.6 Å². The summed E-state index contributed by atoms with van der Waals surface area (Å²) in [4.78, 5) is 0. The minimum Gasteiger partial charge on any atom is -0.236 e. The van der Waals surface area contributed by atoms with E-state index in [9.17, 15) is 13.2 Å². The van der Waals surface area contributed by atoms with Crippen molar-refractivity contribution >= 4 is 0 Å². The molecule has 0 nitrogen and oxygen atoms in total. The van der Waals surface area contributed by atoms with E-state index in [2.05, 4.69) is 13.0 Å². The SMILES string of the molecule is CC1CCC(c2cc(F)c(-c3cc[c-]c(F)c3)c(F)c2)CC1.[Y+3]. The Balaban J connectivity index is 0.00000192. The fourth-order valence-electron chi connectivity index (χ4n) is 3.29. The van der Waals surface area contributed by atoms with Crippen LogP contribution in [0.4, 0.5) is 13.2 Å². The van der Waals surface area contributed by atoms with E-state index in [-0.39, 0.29) is 49.8 Å². The molecule has 1 fully saturated rings. The van der Waals surface area contributed by atoms with Gasteiger partial charge in [0.15, 0.2) is 0 Å². The van der Waals surface area contributed by atoms with Gasteiger partial charge in [-0.3, -0.25) is 0 Å². The zero-order valence-corrected chi connectivity index (χ0v) is 15.9. The average Bonchev–Trinajstić information content (AvgIpc) is 2.47. The summed E-state index contributed by atoms with van der Waals surface area (Å²) in [6, 6.07) is 9.06. The van der Waals surface area contributed by atoms with Gasteiger partial charge in [-0.15, -0.1) is 17.7 Å². The molecule has 0 radical (unpaired) electrons. The van der Waals surface area contributed by atoms with Crippen molar-refractivity contribution in [2.24, 2.45) is 5.92 Å². The van der Waals surface area contributed by atoms with Crippen LogP contribution in [0, 0.1) is 29.4 Å². The van der Waals surface area contributed by atoms with Crippen LogP contribution in [0.1, 0.15) is 44.1 Å². The van der Waals surface area contributed by atoms with Crippen LogP contribution < -0.4 is 0 Å². The van der Waals surface area contributed by atoms with Crippen molar-refractivity contribution in [1.29, 1.82) is 0 Å². The first-order chi connectivity index (χ1) is 10.5. The van der Waals surface area contributed by atoms with Gasteiger partial charge >= 0.3 is 32.7 Å². The van der Waals surface area contributed by atoms with Crippen molar-refractivity contribution in [2.75, 3.05) is 0 Å². The van der Waals surface area contributed by atoms with E-state index < -0.39 is 17.5 Å². The third kappa shape index (κ3) is 4.25. The molecule has 0 bridgehead atoms. The van der Waals surface area contributed by atoms with Gasteiger partial charge in [0, 0.05) is 11.4 Å². The molecule has 0 unspecified atom stereocenters. The monoisotopic (exact) mass is 392 g/mol. The van der Waals surface area contributed by atoms with E-state index in [0.29, 0.717) is 11.5 Å². The third-order valence-electron chi connectivity index (χ3n) is 4.61. The molecule has 1 aliphatic carbocycles. The molecular formula is C19H18F3Y+2. The normalized spacial score (nSPS) is 20.9. The van der Waals surface area contributed by atoms with Crippen molar-refractivity contribution in [2.45, 2.75) is 38.5 Å². The van der Waals surface area contributed by atoms with Crippen LogP contribution in [0.2, 0.25) is 0 Å². The quantitative estimate of drug-likeness (QED) is 0.562. The summed E-state index contributed by atoms with van der Waals surface area (Å²) in [5.41, 5.74) is 0.754. The zero-order chi connectivity index (χ0) is 15.7. The largest absolute Gasteiger partial charge is 3.00 e. The molecule has 0 heterocycles. The van der Waals surface area contributed by atoms with Crippen molar-refractivity contribution in [1.82, 2.24) is 0 Å². The van der Waals surface area contributed by atoms with E-state index in [0.717, 1.165) is 31.7 Å². The van der Waals surface area contributed by atoms with E-state index in [4.69, 9.17) is 0 Å².